The van der Waals surface area contributed by atoms with Crippen LogP contribution in [0, 0.1) is 5.82 Å². The molecule has 0 unspecified atom stereocenters. The minimum atomic E-state index is -0.736. The summed E-state index contributed by atoms with van der Waals surface area (Å²) in [5.41, 5.74) is -0.238. The van der Waals surface area contributed by atoms with Crippen molar-refractivity contribution in [2.24, 2.45) is 0 Å². The molecule has 4 rings (SSSR count). The highest BCUT2D eigenvalue weighted by molar-refractivity contribution is 7.16. The summed E-state index contributed by atoms with van der Waals surface area (Å²) in [4.78, 5) is 38.8. The van der Waals surface area contributed by atoms with Crippen LogP contribution in [0.4, 0.5) is 9.39 Å². The second kappa shape index (κ2) is 9.84. The van der Waals surface area contributed by atoms with Crippen molar-refractivity contribution in [2.45, 2.75) is 13.8 Å². The molecule has 2 aromatic carbocycles. The number of nitrogens with zero attached hydrogens (tertiary/aromatic N) is 2. The molecule has 0 saturated heterocycles. The number of ether oxygens (including phenoxy) is 2. The van der Waals surface area contributed by atoms with Crippen LogP contribution in [0.2, 0.25) is 0 Å². The van der Waals surface area contributed by atoms with Crippen molar-refractivity contribution in [1.29, 1.82) is 0 Å². The summed E-state index contributed by atoms with van der Waals surface area (Å²) in [5, 5.41) is 8.99. The monoisotopic (exact) mass is 481 g/mol. The number of esters is 1. The molecule has 0 saturated carbocycles. The molecular weight excluding hydrogens is 461 g/mol. The van der Waals surface area contributed by atoms with E-state index in [1.54, 1.807) is 36.6 Å². The Balaban J connectivity index is 1.81. The van der Waals surface area contributed by atoms with Crippen LogP contribution < -0.4 is 15.6 Å². The van der Waals surface area contributed by atoms with Crippen molar-refractivity contribution >= 4 is 39.0 Å². The van der Waals surface area contributed by atoms with Gasteiger partial charge in [0.05, 0.1) is 24.3 Å². The Morgan fingerprint density at radius 1 is 1.12 bits per heavy atom. The average molecular weight is 482 g/mol. The van der Waals surface area contributed by atoms with Crippen LogP contribution in [-0.2, 0) is 4.74 Å². The first kappa shape index (κ1) is 23.1. The maximum atomic E-state index is 13.8. The van der Waals surface area contributed by atoms with E-state index < -0.39 is 23.3 Å². The first-order valence-electron chi connectivity index (χ1n) is 10.4. The Morgan fingerprint density at radius 2 is 1.88 bits per heavy atom. The van der Waals surface area contributed by atoms with Gasteiger partial charge in [0.15, 0.2) is 5.69 Å². The quantitative estimate of drug-likeness (QED) is 0.393. The van der Waals surface area contributed by atoms with Crippen LogP contribution in [0.1, 0.15) is 34.7 Å². The van der Waals surface area contributed by atoms with Crippen LogP contribution in [-0.4, -0.2) is 34.9 Å². The van der Waals surface area contributed by atoms with Gasteiger partial charge in [-0.25, -0.2) is 9.18 Å². The van der Waals surface area contributed by atoms with Crippen molar-refractivity contribution in [1.82, 2.24) is 9.78 Å². The number of hydrogen-bond acceptors (Lipinski definition) is 7. The van der Waals surface area contributed by atoms with Gasteiger partial charge in [0.25, 0.3) is 11.5 Å². The predicted molar refractivity (Wildman–Crippen MR) is 127 cm³/mol. The van der Waals surface area contributed by atoms with Gasteiger partial charge < -0.3 is 14.8 Å². The van der Waals surface area contributed by atoms with Gasteiger partial charge in [-0.3, -0.25) is 9.59 Å². The Labute approximate surface area is 197 Å². The van der Waals surface area contributed by atoms with Crippen LogP contribution >= 0.6 is 11.3 Å². The van der Waals surface area contributed by atoms with Crippen LogP contribution in [0.3, 0.4) is 0 Å². The number of carbonyl (C=O) groups excluding carboxylic acids is 2. The molecule has 0 atom stereocenters. The zero-order valence-electron chi connectivity index (χ0n) is 18.3. The fraction of sp³-hybridized carbons (Fsp3) is 0.167. The average Bonchev–Trinajstić information content (AvgIpc) is 3.24. The lowest BCUT2D eigenvalue weighted by Crippen LogP contribution is -2.25. The predicted octanol–water partition coefficient (Wildman–Crippen LogP) is 4.41. The van der Waals surface area contributed by atoms with Crippen LogP contribution in [0.5, 0.6) is 5.75 Å². The molecule has 8 nitrogen and oxygen atoms in total. The normalized spacial score (nSPS) is 10.8. The summed E-state index contributed by atoms with van der Waals surface area (Å²) in [7, 11) is 0. The topological polar surface area (TPSA) is 99.5 Å². The number of halogens is 1. The number of anilines is 1. The lowest BCUT2D eigenvalue weighted by Gasteiger charge is -2.10. The molecule has 0 fully saturated rings. The molecule has 0 aliphatic carbocycles. The zero-order valence-corrected chi connectivity index (χ0v) is 19.1. The van der Waals surface area contributed by atoms with Crippen LogP contribution in [0.25, 0.3) is 16.5 Å². The molecule has 0 aliphatic heterocycles. The van der Waals surface area contributed by atoms with Gasteiger partial charge in [-0.05, 0) is 56.3 Å². The molecule has 0 aliphatic rings. The summed E-state index contributed by atoms with van der Waals surface area (Å²) < 4.78 is 25.2. The van der Waals surface area contributed by atoms with E-state index in [9.17, 15) is 18.8 Å². The molecule has 2 heterocycles. The Kier molecular flexibility index (Phi) is 6.69. The molecular formula is C24H20FN3O5S. The van der Waals surface area contributed by atoms with Crippen LogP contribution in [0.15, 0.2) is 58.7 Å². The highest BCUT2D eigenvalue weighted by Crippen LogP contribution is 2.31. The third-order valence-electron chi connectivity index (χ3n) is 4.83. The van der Waals surface area contributed by atoms with Gasteiger partial charge >= 0.3 is 5.97 Å². The Morgan fingerprint density at radius 3 is 2.56 bits per heavy atom. The highest BCUT2D eigenvalue weighted by Gasteiger charge is 2.23. The summed E-state index contributed by atoms with van der Waals surface area (Å²) in [6.07, 6.45) is 0. The highest BCUT2D eigenvalue weighted by atomic mass is 32.1. The number of thiophene rings is 1. The van der Waals surface area contributed by atoms with E-state index in [2.05, 4.69) is 10.4 Å². The van der Waals surface area contributed by atoms with Gasteiger partial charge in [-0.15, -0.1) is 11.3 Å². The maximum absolute atomic E-state index is 13.8. The maximum Gasteiger partial charge on any atom is 0.359 e. The minimum absolute atomic E-state index is 0.0756. The Hall–Kier alpha value is -4.05. The fourth-order valence-electron chi connectivity index (χ4n) is 3.32. The van der Waals surface area contributed by atoms with Gasteiger partial charge in [0.2, 0.25) is 0 Å². The van der Waals surface area contributed by atoms with Crippen molar-refractivity contribution in [3.05, 3.63) is 81.3 Å². The number of nitrogens with one attached hydrogen (secondary N) is 1. The fourth-order valence-corrected chi connectivity index (χ4v) is 4.25. The number of hydrogen-bond donors (Lipinski definition) is 1. The van der Waals surface area contributed by atoms with Crippen molar-refractivity contribution < 1.29 is 23.5 Å². The van der Waals surface area contributed by atoms with Gasteiger partial charge in [-0.2, -0.15) is 9.78 Å². The van der Waals surface area contributed by atoms with E-state index in [0.717, 1.165) is 22.1 Å². The Bertz CT molecular complexity index is 1430. The second-order valence-corrected chi connectivity index (χ2v) is 7.91. The lowest BCUT2D eigenvalue weighted by atomic mass is 10.2. The molecule has 1 amide bonds. The number of fused-ring (bicyclic) bond motifs is 1. The van der Waals surface area contributed by atoms with Gasteiger partial charge in [0, 0.05) is 16.3 Å². The first-order chi connectivity index (χ1) is 16.4. The molecule has 4 aromatic rings. The second-order valence-electron chi connectivity index (χ2n) is 7.03. The van der Waals surface area contributed by atoms with Gasteiger partial charge in [0.1, 0.15) is 16.6 Å². The number of aromatic nitrogens is 2. The molecule has 1 N–H and O–H groups in total. The molecule has 174 valence electrons. The summed E-state index contributed by atoms with van der Waals surface area (Å²) >= 11 is 1.08. The lowest BCUT2D eigenvalue weighted by molar-refractivity contribution is 0.0520. The largest absolute Gasteiger partial charge is 0.494 e. The van der Waals surface area contributed by atoms with E-state index in [0.29, 0.717) is 17.9 Å². The summed E-state index contributed by atoms with van der Waals surface area (Å²) in [6.45, 7) is 4.11. The van der Waals surface area contributed by atoms with Gasteiger partial charge in [-0.1, -0.05) is 6.07 Å². The number of carbonyl (C=O) groups is 2. The molecule has 0 radical (unpaired) electrons. The number of rotatable bonds is 7. The minimum Gasteiger partial charge on any atom is -0.494 e. The summed E-state index contributed by atoms with van der Waals surface area (Å²) in [6, 6.07) is 11.8. The van der Waals surface area contributed by atoms with E-state index in [-0.39, 0.29) is 33.8 Å². The molecule has 0 bridgehead atoms. The van der Waals surface area contributed by atoms with E-state index >= 15 is 0 Å². The third-order valence-corrected chi connectivity index (χ3v) is 5.72. The van der Waals surface area contributed by atoms with Crippen molar-refractivity contribution in [3.63, 3.8) is 0 Å². The smallest absolute Gasteiger partial charge is 0.359 e. The first-order valence-corrected chi connectivity index (χ1v) is 11.3. The molecule has 2 aromatic heterocycles. The standard InChI is InChI=1S/C24H20FN3O5S/c1-3-32-17-10-8-14(9-11-17)21(29)26-22-19-18(13-34-22)20(24(31)33-4-2)27-28(23(19)30)16-7-5-6-15(25)12-16/h5-13H,3-4H2,1-2H3,(H,26,29). The third kappa shape index (κ3) is 4.53. The SMILES string of the molecule is CCOC(=O)c1nn(-c2cccc(F)c2)c(=O)c2c(NC(=O)c3ccc(OCC)cc3)scc12. The van der Waals surface area contributed by atoms with E-state index in [4.69, 9.17) is 9.47 Å². The molecule has 10 heteroatoms. The summed E-state index contributed by atoms with van der Waals surface area (Å²) in [5.74, 6) is -1.13. The van der Waals surface area contributed by atoms with E-state index in [1.807, 2.05) is 6.92 Å². The van der Waals surface area contributed by atoms with E-state index in [1.165, 1.54) is 18.2 Å². The van der Waals surface area contributed by atoms with Crippen molar-refractivity contribution in [3.8, 4) is 11.4 Å². The number of benzene rings is 2. The number of amides is 1. The zero-order chi connectivity index (χ0) is 24.2. The molecule has 0 spiro atoms. The molecule has 34 heavy (non-hydrogen) atoms. The van der Waals surface area contributed by atoms with Crippen molar-refractivity contribution in [2.75, 3.05) is 18.5 Å².